The molecule has 0 N–H and O–H groups in total. The predicted octanol–water partition coefficient (Wildman–Crippen LogP) is 3.15. The first-order chi connectivity index (χ1) is 10.2. The normalized spacial score (nSPS) is 10.5. The second kappa shape index (κ2) is 5.63. The van der Waals surface area contributed by atoms with Gasteiger partial charge in [-0.15, -0.1) is 0 Å². The molecule has 1 heterocycles. The van der Waals surface area contributed by atoms with E-state index < -0.39 is 11.6 Å². The maximum atomic E-state index is 12.0. The van der Waals surface area contributed by atoms with E-state index >= 15 is 0 Å². The van der Waals surface area contributed by atoms with Crippen LogP contribution in [0.5, 0.6) is 0 Å². The summed E-state index contributed by atoms with van der Waals surface area (Å²) in [6.07, 6.45) is 0. The lowest BCUT2D eigenvalue weighted by Crippen LogP contribution is -2.05. The van der Waals surface area contributed by atoms with Crippen LogP contribution in [0.1, 0.15) is 15.9 Å². The number of carbonyl (C=O) groups is 1. The highest BCUT2D eigenvalue weighted by atomic mass is 16.5. The fourth-order valence-corrected chi connectivity index (χ4v) is 1.99. The molecule has 0 atom stereocenters. The molecule has 0 aliphatic rings. The van der Waals surface area contributed by atoms with E-state index in [2.05, 4.69) is 0 Å². The van der Waals surface area contributed by atoms with Gasteiger partial charge >= 0.3 is 11.6 Å². The molecule has 0 saturated carbocycles. The summed E-state index contributed by atoms with van der Waals surface area (Å²) in [6.45, 7) is 0.205. The average Bonchev–Trinajstić information content (AvgIpc) is 2.53. The van der Waals surface area contributed by atoms with E-state index in [1.54, 1.807) is 18.2 Å². The Morgan fingerprint density at radius 1 is 1.00 bits per heavy atom. The lowest BCUT2D eigenvalue weighted by Gasteiger charge is -2.05. The summed E-state index contributed by atoms with van der Waals surface area (Å²) in [4.78, 5) is 23.2. The van der Waals surface area contributed by atoms with Gasteiger partial charge in [0.2, 0.25) is 0 Å². The van der Waals surface area contributed by atoms with Crippen LogP contribution >= 0.6 is 0 Å². The van der Waals surface area contributed by atoms with Crippen LogP contribution in [0, 0.1) is 0 Å². The summed E-state index contributed by atoms with van der Waals surface area (Å²) >= 11 is 0. The van der Waals surface area contributed by atoms with Crippen LogP contribution in [0.15, 0.2) is 69.9 Å². The van der Waals surface area contributed by atoms with E-state index in [9.17, 15) is 9.59 Å². The van der Waals surface area contributed by atoms with Crippen LogP contribution in [0.25, 0.3) is 11.0 Å². The Kier molecular flexibility index (Phi) is 3.51. The topological polar surface area (TPSA) is 56.5 Å². The summed E-state index contributed by atoms with van der Waals surface area (Å²) < 4.78 is 10.3. The Labute approximate surface area is 120 Å². The summed E-state index contributed by atoms with van der Waals surface area (Å²) in [5.41, 5.74) is 1.19. The highest BCUT2D eigenvalue weighted by Crippen LogP contribution is 2.15. The number of ether oxygens (including phenoxy) is 1. The van der Waals surface area contributed by atoms with Gasteiger partial charge in [-0.2, -0.15) is 0 Å². The van der Waals surface area contributed by atoms with E-state index in [1.165, 1.54) is 12.1 Å². The van der Waals surface area contributed by atoms with Gasteiger partial charge in [0.25, 0.3) is 0 Å². The molecule has 0 aliphatic carbocycles. The molecule has 2 aromatic carbocycles. The number of esters is 1. The Balaban J connectivity index is 1.79. The maximum Gasteiger partial charge on any atom is 0.338 e. The fraction of sp³-hybridized carbons (Fsp3) is 0.0588. The third-order valence-corrected chi connectivity index (χ3v) is 3.07. The van der Waals surface area contributed by atoms with Crippen LogP contribution in [-0.2, 0) is 11.3 Å². The minimum absolute atomic E-state index is 0.205. The molecule has 104 valence electrons. The van der Waals surface area contributed by atoms with Crippen molar-refractivity contribution in [2.45, 2.75) is 6.61 Å². The van der Waals surface area contributed by atoms with Crippen molar-refractivity contribution >= 4 is 16.9 Å². The smallest absolute Gasteiger partial charge is 0.338 e. The van der Waals surface area contributed by atoms with Gasteiger partial charge in [-0.1, -0.05) is 36.4 Å². The van der Waals surface area contributed by atoms with Crippen molar-refractivity contribution in [3.63, 3.8) is 0 Å². The summed E-state index contributed by atoms with van der Waals surface area (Å²) in [5, 5.41) is 0.759. The van der Waals surface area contributed by atoms with Crippen molar-refractivity contribution in [2.24, 2.45) is 0 Å². The molecule has 0 unspecified atom stereocenters. The van der Waals surface area contributed by atoms with E-state index in [4.69, 9.17) is 9.15 Å². The zero-order valence-corrected chi connectivity index (χ0v) is 11.1. The number of fused-ring (bicyclic) bond motifs is 1. The average molecular weight is 280 g/mol. The van der Waals surface area contributed by atoms with Gasteiger partial charge in [0.05, 0.1) is 5.56 Å². The molecule has 4 nitrogen and oxygen atoms in total. The maximum absolute atomic E-state index is 12.0. The minimum atomic E-state index is -0.452. The zero-order valence-electron chi connectivity index (χ0n) is 11.1. The molecule has 1 aromatic heterocycles. The van der Waals surface area contributed by atoms with Gasteiger partial charge in [0, 0.05) is 11.5 Å². The van der Waals surface area contributed by atoms with Gasteiger partial charge in [-0.05, 0) is 23.8 Å². The Morgan fingerprint density at radius 3 is 2.57 bits per heavy atom. The predicted molar refractivity (Wildman–Crippen MR) is 78.0 cm³/mol. The van der Waals surface area contributed by atoms with Gasteiger partial charge in [-0.3, -0.25) is 0 Å². The summed E-state index contributed by atoms with van der Waals surface area (Å²) in [6, 6.07) is 17.3. The Bertz CT molecular complexity index is 834. The molecule has 0 radical (unpaired) electrons. The first-order valence-electron chi connectivity index (χ1n) is 6.47. The van der Waals surface area contributed by atoms with Gasteiger partial charge < -0.3 is 9.15 Å². The molecule has 3 rings (SSSR count). The number of hydrogen-bond donors (Lipinski definition) is 0. The number of benzene rings is 2. The minimum Gasteiger partial charge on any atom is -0.457 e. The summed E-state index contributed by atoms with van der Waals surface area (Å²) in [5.74, 6) is -0.452. The highest BCUT2D eigenvalue weighted by molar-refractivity contribution is 5.93. The molecule has 4 heteroatoms. The number of carbonyl (C=O) groups excluding carboxylic acids is 1. The second-order valence-electron chi connectivity index (χ2n) is 4.57. The molecule has 0 spiro atoms. The van der Waals surface area contributed by atoms with Crippen LogP contribution in [0.4, 0.5) is 0 Å². The molecule has 0 saturated heterocycles. The molecule has 0 fully saturated rings. The van der Waals surface area contributed by atoms with E-state index in [0.717, 1.165) is 10.9 Å². The molecule has 0 bridgehead atoms. The largest absolute Gasteiger partial charge is 0.457 e. The van der Waals surface area contributed by atoms with Crippen LogP contribution < -0.4 is 5.63 Å². The molecule has 0 amide bonds. The van der Waals surface area contributed by atoms with Crippen molar-refractivity contribution in [1.82, 2.24) is 0 Å². The lowest BCUT2D eigenvalue weighted by atomic mass is 10.1. The molecular formula is C17H12O4. The third-order valence-electron chi connectivity index (χ3n) is 3.07. The van der Waals surface area contributed by atoms with E-state index in [0.29, 0.717) is 11.1 Å². The second-order valence-corrected chi connectivity index (χ2v) is 4.57. The molecule has 0 aliphatic heterocycles. The van der Waals surface area contributed by atoms with Crippen LogP contribution in [0.3, 0.4) is 0 Å². The van der Waals surface area contributed by atoms with Crippen molar-refractivity contribution in [1.29, 1.82) is 0 Å². The SMILES string of the molecule is O=C(OCc1ccccc1)c1ccc2ccc(=O)oc2c1. The standard InChI is InChI=1S/C17H12O4/c18-16-9-8-13-6-7-14(10-15(13)21-16)17(19)20-11-12-4-2-1-3-5-12/h1-10H,11H2. The van der Waals surface area contributed by atoms with E-state index in [-0.39, 0.29) is 6.61 Å². The molecule has 3 aromatic rings. The third kappa shape index (κ3) is 3.00. The van der Waals surface area contributed by atoms with Crippen molar-refractivity contribution in [2.75, 3.05) is 0 Å². The van der Waals surface area contributed by atoms with Crippen molar-refractivity contribution in [3.8, 4) is 0 Å². The Morgan fingerprint density at radius 2 is 1.76 bits per heavy atom. The first-order valence-corrected chi connectivity index (χ1v) is 6.47. The van der Waals surface area contributed by atoms with E-state index in [1.807, 2.05) is 30.3 Å². The fourth-order valence-electron chi connectivity index (χ4n) is 1.99. The first kappa shape index (κ1) is 13.1. The van der Waals surface area contributed by atoms with Crippen molar-refractivity contribution in [3.05, 3.63) is 82.2 Å². The highest BCUT2D eigenvalue weighted by Gasteiger charge is 2.09. The Hall–Kier alpha value is -2.88. The van der Waals surface area contributed by atoms with Gasteiger partial charge in [-0.25, -0.2) is 9.59 Å². The molecule has 21 heavy (non-hydrogen) atoms. The van der Waals surface area contributed by atoms with Crippen molar-refractivity contribution < 1.29 is 13.9 Å². The monoisotopic (exact) mass is 280 g/mol. The lowest BCUT2D eigenvalue weighted by molar-refractivity contribution is 0.0472. The zero-order chi connectivity index (χ0) is 14.7. The van der Waals surface area contributed by atoms with Crippen LogP contribution in [0.2, 0.25) is 0 Å². The quantitative estimate of drug-likeness (QED) is 0.546. The van der Waals surface area contributed by atoms with Gasteiger partial charge in [0.1, 0.15) is 12.2 Å². The van der Waals surface area contributed by atoms with Crippen LogP contribution in [-0.4, -0.2) is 5.97 Å². The summed E-state index contributed by atoms with van der Waals surface area (Å²) in [7, 11) is 0. The molecular weight excluding hydrogens is 268 g/mol. The van der Waals surface area contributed by atoms with Gasteiger partial charge in [0.15, 0.2) is 0 Å². The number of hydrogen-bond acceptors (Lipinski definition) is 4. The number of rotatable bonds is 3.